The molecule has 164 valence electrons. The predicted octanol–water partition coefficient (Wildman–Crippen LogP) is 6.56. The summed E-state index contributed by atoms with van der Waals surface area (Å²) in [7, 11) is -2.39. The van der Waals surface area contributed by atoms with Crippen molar-refractivity contribution in [3.05, 3.63) is 82.2 Å². The smallest absolute Gasteiger partial charge is 0.265 e. The zero-order chi connectivity index (χ0) is 22.9. The van der Waals surface area contributed by atoms with E-state index < -0.39 is 10.0 Å². The van der Waals surface area contributed by atoms with Crippen molar-refractivity contribution >= 4 is 38.6 Å². The van der Waals surface area contributed by atoms with Gasteiger partial charge in [-0.15, -0.1) is 11.3 Å². The standard InChI is InChI=1S/C24H21ClN2O3S2/c1-15-11-22(30-3)23(12-16(15)2)32(28,29)27-18-8-6-7-17(13-18)21-14-31-24(26-21)19-9-4-5-10-20(19)25/h4-14,27H,1-3H3. The fourth-order valence-electron chi connectivity index (χ4n) is 3.25. The highest BCUT2D eigenvalue weighted by molar-refractivity contribution is 7.92. The van der Waals surface area contributed by atoms with Crippen LogP contribution in [-0.4, -0.2) is 20.5 Å². The Hall–Kier alpha value is -2.87. The molecule has 0 unspecified atom stereocenters. The minimum absolute atomic E-state index is 0.100. The van der Waals surface area contributed by atoms with Crippen LogP contribution < -0.4 is 9.46 Å². The fraction of sp³-hybridized carbons (Fsp3) is 0.125. The van der Waals surface area contributed by atoms with Crippen molar-refractivity contribution < 1.29 is 13.2 Å². The number of rotatable bonds is 6. The van der Waals surface area contributed by atoms with E-state index in [4.69, 9.17) is 21.3 Å². The minimum atomic E-state index is -3.85. The molecule has 0 saturated heterocycles. The molecule has 3 aromatic carbocycles. The summed E-state index contributed by atoms with van der Waals surface area (Å²) in [5.41, 5.74) is 4.68. The first-order valence-electron chi connectivity index (χ1n) is 9.77. The van der Waals surface area contributed by atoms with Gasteiger partial charge in [0.25, 0.3) is 10.0 Å². The van der Waals surface area contributed by atoms with E-state index in [1.54, 1.807) is 30.3 Å². The number of hydrogen-bond donors (Lipinski definition) is 1. The van der Waals surface area contributed by atoms with Crippen LogP contribution >= 0.6 is 22.9 Å². The second-order valence-corrected chi connectivity index (χ2v) is 10.2. The molecular weight excluding hydrogens is 464 g/mol. The molecule has 1 heterocycles. The second kappa shape index (κ2) is 8.94. The Balaban J connectivity index is 1.65. The van der Waals surface area contributed by atoms with E-state index in [0.29, 0.717) is 16.5 Å². The lowest BCUT2D eigenvalue weighted by atomic mass is 10.1. The molecule has 0 bridgehead atoms. The van der Waals surface area contributed by atoms with Gasteiger partial charge in [-0.2, -0.15) is 0 Å². The van der Waals surface area contributed by atoms with Crippen LogP contribution in [0.1, 0.15) is 11.1 Å². The normalized spacial score (nSPS) is 11.4. The maximum absolute atomic E-state index is 13.1. The van der Waals surface area contributed by atoms with Crippen molar-refractivity contribution in [2.75, 3.05) is 11.8 Å². The number of aryl methyl sites for hydroxylation is 2. The van der Waals surface area contributed by atoms with E-state index in [2.05, 4.69) is 4.72 Å². The molecule has 1 aromatic heterocycles. The molecule has 0 saturated carbocycles. The van der Waals surface area contributed by atoms with E-state index in [9.17, 15) is 8.42 Å². The Bertz CT molecular complexity index is 1400. The van der Waals surface area contributed by atoms with Gasteiger partial charge in [0, 0.05) is 22.2 Å². The summed E-state index contributed by atoms with van der Waals surface area (Å²) in [5.74, 6) is 0.306. The van der Waals surface area contributed by atoms with Gasteiger partial charge in [0.2, 0.25) is 0 Å². The number of anilines is 1. The number of thiazole rings is 1. The van der Waals surface area contributed by atoms with Crippen LogP contribution in [0.5, 0.6) is 5.75 Å². The molecule has 5 nitrogen and oxygen atoms in total. The highest BCUT2D eigenvalue weighted by Gasteiger charge is 2.21. The lowest BCUT2D eigenvalue weighted by Crippen LogP contribution is -2.14. The summed E-state index contributed by atoms with van der Waals surface area (Å²) in [4.78, 5) is 4.79. The number of sulfonamides is 1. The van der Waals surface area contributed by atoms with Crippen LogP contribution in [0, 0.1) is 13.8 Å². The van der Waals surface area contributed by atoms with Crippen LogP contribution in [0.3, 0.4) is 0 Å². The highest BCUT2D eigenvalue weighted by Crippen LogP contribution is 2.34. The van der Waals surface area contributed by atoms with Gasteiger partial charge in [-0.25, -0.2) is 13.4 Å². The third kappa shape index (κ3) is 4.50. The molecule has 0 amide bonds. The molecule has 8 heteroatoms. The van der Waals surface area contributed by atoms with Crippen molar-refractivity contribution in [3.63, 3.8) is 0 Å². The van der Waals surface area contributed by atoms with Crippen molar-refractivity contribution in [1.82, 2.24) is 4.98 Å². The number of benzene rings is 3. The lowest BCUT2D eigenvalue weighted by molar-refractivity contribution is 0.402. The third-order valence-electron chi connectivity index (χ3n) is 5.09. The minimum Gasteiger partial charge on any atom is -0.495 e. The average molecular weight is 485 g/mol. The van der Waals surface area contributed by atoms with Gasteiger partial charge in [0.05, 0.1) is 17.8 Å². The molecular formula is C24H21ClN2O3S2. The van der Waals surface area contributed by atoms with Gasteiger partial charge in [-0.1, -0.05) is 41.9 Å². The van der Waals surface area contributed by atoms with Gasteiger partial charge in [-0.3, -0.25) is 4.72 Å². The third-order valence-corrected chi connectivity index (χ3v) is 7.70. The van der Waals surface area contributed by atoms with Crippen LogP contribution in [0.15, 0.2) is 70.9 Å². The largest absolute Gasteiger partial charge is 0.495 e. The highest BCUT2D eigenvalue weighted by atomic mass is 35.5. The predicted molar refractivity (Wildman–Crippen MR) is 131 cm³/mol. The summed E-state index contributed by atoms with van der Waals surface area (Å²) in [6.07, 6.45) is 0. The Kier molecular flexibility index (Phi) is 6.24. The van der Waals surface area contributed by atoms with Gasteiger partial charge in [-0.05, 0) is 55.3 Å². The fourth-order valence-corrected chi connectivity index (χ4v) is 5.69. The number of ether oxygens (including phenoxy) is 1. The second-order valence-electron chi connectivity index (χ2n) is 7.29. The maximum Gasteiger partial charge on any atom is 0.265 e. The molecule has 0 aliphatic rings. The first-order valence-corrected chi connectivity index (χ1v) is 12.5. The van der Waals surface area contributed by atoms with Crippen LogP contribution in [0.25, 0.3) is 21.8 Å². The Morgan fingerprint density at radius 1 is 1.00 bits per heavy atom. The molecule has 0 fully saturated rings. The number of methoxy groups -OCH3 is 1. The van der Waals surface area contributed by atoms with Gasteiger partial charge in [0.15, 0.2) is 0 Å². The SMILES string of the molecule is COc1cc(C)c(C)cc1S(=O)(=O)Nc1cccc(-c2csc(-c3ccccc3Cl)n2)c1. The number of aromatic nitrogens is 1. The average Bonchev–Trinajstić information content (AvgIpc) is 3.25. The zero-order valence-corrected chi connectivity index (χ0v) is 20.1. The van der Waals surface area contributed by atoms with E-state index in [0.717, 1.165) is 33.0 Å². The Morgan fingerprint density at radius 3 is 2.50 bits per heavy atom. The van der Waals surface area contributed by atoms with Crippen molar-refractivity contribution in [1.29, 1.82) is 0 Å². The number of hydrogen-bond acceptors (Lipinski definition) is 5. The van der Waals surface area contributed by atoms with Crippen LogP contribution in [0.4, 0.5) is 5.69 Å². The summed E-state index contributed by atoms with van der Waals surface area (Å²) in [6.45, 7) is 3.78. The van der Waals surface area contributed by atoms with E-state index >= 15 is 0 Å². The van der Waals surface area contributed by atoms with Gasteiger partial charge < -0.3 is 4.74 Å². The Labute approximate surface area is 196 Å². The van der Waals surface area contributed by atoms with E-state index in [1.807, 2.05) is 49.6 Å². The molecule has 4 rings (SSSR count). The zero-order valence-electron chi connectivity index (χ0n) is 17.7. The first kappa shape index (κ1) is 22.3. The number of halogens is 1. The number of nitrogens with zero attached hydrogens (tertiary/aromatic N) is 1. The van der Waals surface area contributed by atoms with Crippen LogP contribution in [-0.2, 0) is 10.0 Å². The van der Waals surface area contributed by atoms with Crippen LogP contribution in [0.2, 0.25) is 5.02 Å². The topological polar surface area (TPSA) is 68.3 Å². The van der Waals surface area contributed by atoms with E-state index in [1.165, 1.54) is 18.4 Å². The summed E-state index contributed by atoms with van der Waals surface area (Å²) in [6, 6.07) is 18.0. The maximum atomic E-state index is 13.1. The summed E-state index contributed by atoms with van der Waals surface area (Å²) < 4.78 is 34.2. The Morgan fingerprint density at radius 2 is 1.75 bits per heavy atom. The quantitative estimate of drug-likeness (QED) is 0.336. The number of nitrogens with one attached hydrogen (secondary N) is 1. The van der Waals surface area contributed by atoms with Gasteiger partial charge in [0.1, 0.15) is 15.7 Å². The molecule has 0 aliphatic heterocycles. The van der Waals surface area contributed by atoms with Crippen molar-refractivity contribution in [2.45, 2.75) is 18.7 Å². The molecule has 0 atom stereocenters. The molecule has 4 aromatic rings. The van der Waals surface area contributed by atoms with Crippen molar-refractivity contribution in [2.24, 2.45) is 0 Å². The monoisotopic (exact) mass is 484 g/mol. The molecule has 0 aliphatic carbocycles. The lowest BCUT2D eigenvalue weighted by Gasteiger charge is -2.14. The van der Waals surface area contributed by atoms with Gasteiger partial charge >= 0.3 is 0 Å². The molecule has 32 heavy (non-hydrogen) atoms. The first-order chi connectivity index (χ1) is 15.3. The molecule has 1 N–H and O–H groups in total. The van der Waals surface area contributed by atoms with E-state index in [-0.39, 0.29) is 4.90 Å². The summed E-state index contributed by atoms with van der Waals surface area (Å²) in [5, 5.41) is 3.37. The molecule has 0 spiro atoms. The van der Waals surface area contributed by atoms with Crippen molar-refractivity contribution in [3.8, 4) is 27.6 Å². The summed E-state index contributed by atoms with van der Waals surface area (Å²) >= 11 is 7.78. The molecule has 0 radical (unpaired) electrons.